The Morgan fingerprint density at radius 3 is 2.27 bits per heavy atom. The minimum Gasteiger partial charge on any atom is -0.504 e. The predicted molar refractivity (Wildman–Crippen MR) is 149 cm³/mol. The number of alkyl halides is 2. The number of methoxy groups -OCH3 is 1. The van der Waals surface area contributed by atoms with Crippen LogP contribution in [0.5, 0.6) is 11.5 Å². The van der Waals surface area contributed by atoms with Crippen molar-refractivity contribution in [3.8, 4) is 17.2 Å². The number of halogens is 4. The number of carbonyl (C=O) groups is 2. The fraction of sp³-hybridized carbons (Fsp3) is 0.259. The van der Waals surface area contributed by atoms with E-state index >= 15 is 0 Å². The van der Waals surface area contributed by atoms with E-state index in [2.05, 4.69) is 0 Å². The Bertz CT molecular complexity index is 1810. The number of rotatable bonds is 3. The molecule has 1 N–H and O–H groups in total. The molecule has 0 bridgehead atoms. The highest BCUT2D eigenvalue weighted by molar-refractivity contribution is 6.66. The highest BCUT2D eigenvalue weighted by Gasteiger charge is 2.71. The number of phenols is 1. The number of hydrogen-bond acceptors (Lipinski definition) is 6. The Labute approximate surface area is 246 Å². The van der Waals surface area contributed by atoms with E-state index < -0.39 is 54.7 Å². The molecule has 2 aliphatic carbocycles. The predicted octanol–water partition coefficient (Wildman–Crippen LogP) is 3.98. The molecular weight excluding hydrogens is 604 g/mol. The van der Waals surface area contributed by atoms with Crippen molar-refractivity contribution in [1.82, 2.24) is 13.9 Å². The van der Waals surface area contributed by atoms with Gasteiger partial charge in [-0.1, -0.05) is 59.6 Å². The number of ether oxygens (including phenoxy) is 1. The lowest BCUT2D eigenvalue weighted by atomic mass is 9.59. The van der Waals surface area contributed by atoms with Crippen molar-refractivity contribution in [2.45, 2.75) is 34.7 Å². The van der Waals surface area contributed by atoms with E-state index in [0.717, 1.165) is 4.57 Å². The topological polar surface area (TPSA) is 113 Å². The average Bonchev–Trinajstić information content (AvgIpc) is 3.21. The fourth-order valence-corrected chi connectivity index (χ4v) is 7.57. The third kappa shape index (κ3) is 3.29. The molecular formula is C27H19Cl4N3O6. The summed E-state index contributed by atoms with van der Waals surface area (Å²) in [7, 11) is 1.35. The van der Waals surface area contributed by atoms with E-state index in [-0.39, 0.29) is 30.0 Å². The maximum atomic E-state index is 13.8. The summed E-state index contributed by atoms with van der Waals surface area (Å²) in [5.41, 5.74) is -0.432. The quantitative estimate of drug-likeness (QED) is 0.349. The summed E-state index contributed by atoms with van der Waals surface area (Å²) in [4.78, 5) is 50.3. The minimum atomic E-state index is -2.25. The Morgan fingerprint density at radius 2 is 1.60 bits per heavy atom. The molecule has 3 aromatic rings. The molecule has 0 unspecified atom stereocenters. The SMILES string of the molecule is COc1cccc([C@H]2C3=CCn4c(=O)n(-c5ccccc5)c(=O)n4[C@@H]3C[C@@]3(Cl)C(=O)C(Cl)=C(Cl)C(=O)[C@@]23Cl)c1O. The lowest BCUT2D eigenvalue weighted by Gasteiger charge is -2.54. The third-order valence-electron chi connectivity index (χ3n) is 7.88. The molecule has 206 valence electrons. The molecule has 2 heterocycles. The standard InChI is InChI=1S/C27H19Cl4N3O6/c1-40-17-9-5-8-15(21(17)35)18-14-10-11-32-24(38)33(13-6-3-2-4-7-13)25(39)34(32)16(14)12-26(30)22(36)19(28)20(29)23(37)27(18,26)31/h2-10,16,18,35H,11-12H2,1H3/t16-,18-,26-,27+/m1/s1. The second kappa shape index (κ2) is 9.14. The van der Waals surface area contributed by atoms with Crippen molar-refractivity contribution in [2.24, 2.45) is 0 Å². The molecule has 3 aliphatic rings. The molecule has 9 nitrogen and oxygen atoms in total. The van der Waals surface area contributed by atoms with Gasteiger partial charge in [0.15, 0.2) is 23.1 Å². The fourth-order valence-electron chi connectivity index (χ4n) is 6.05. The highest BCUT2D eigenvalue weighted by Crippen LogP contribution is 2.64. The van der Waals surface area contributed by atoms with Crippen LogP contribution in [0.15, 0.2) is 79.8 Å². The van der Waals surface area contributed by atoms with E-state index in [1.165, 1.54) is 28.6 Å². The van der Waals surface area contributed by atoms with Gasteiger partial charge in [0, 0.05) is 17.9 Å². The van der Waals surface area contributed by atoms with Gasteiger partial charge in [0.05, 0.1) is 25.4 Å². The van der Waals surface area contributed by atoms with Gasteiger partial charge in [-0.15, -0.1) is 23.2 Å². The number of phenolic OH excluding ortho intramolecular Hbond substituents is 1. The van der Waals surface area contributed by atoms with Gasteiger partial charge in [0.25, 0.3) is 0 Å². The lowest BCUT2D eigenvalue weighted by molar-refractivity contribution is -0.128. The Morgan fingerprint density at radius 1 is 0.925 bits per heavy atom. The summed E-state index contributed by atoms with van der Waals surface area (Å²) in [6.07, 6.45) is 1.28. The Kier molecular flexibility index (Phi) is 6.16. The molecule has 0 spiro atoms. The van der Waals surface area contributed by atoms with Crippen molar-refractivity contribution in [2.75, 3.05) is 7.11 Å². The van der Waals surface area contributed by atoms with Crippen LogP contribution in [0, 0.1) is 0 Å². The first-order chi connectivity index (χ1) is 19.0. The molecule has 1 fully saturated rings. The molecule has 0 radical (unpaired) electrons. The first-order valence-electron chi connectivity index (χ1n) is 12.1. The van der Waals surface area contributed by atoms with Gasteiger partial charge in [-0.3, -0.25) is 9.59 Å². The number of para-hydroxylation sites is 2. The van der Waals surface area contributed by atoms with Gasteiger partial charge >= 0.3 is 11.4 Å². The third-order valence-corrected chi connectivity index (χ3v) is 10.1. The van der Waals surface area contributed by atoms with Crippen LogP contribution >= 0.6 is 46.4 Å². The zero-order valence-electron chi connectivity index (χ0n) is 20.6. The summed E-state index contributed by atoms with van der Waals surface area (Å²) in [6, 6.07) is 11.9. The maximum absolute atomic E-state index is 13.8. The van der Waals surface area contributed by atoms with E-state index in [0.29, 0.717) is 11.3 Å². The van der Waals surface area contributed by atoms with Crippen molar-refractivity contribution in [3.05, 3.63) is 96.8 Å². The number of aromatic nitrogens is 3. The second-order valence-corrected chi connectivity index (χ2v) is 11.7. The number of benzene rings is 2. The van der Waals surface area contributed by atoms with Crippen LogP contribution in [0.2, 0.25) is 0 Å². The van der Waals surface area contributed by atoms with E-state index in [1.54, 1.807) is 42.5 Å². The summed E-state index contributed by atoms with van der Waals surface area (Å²) in [5.74, 6) is -3.35. The normalized spacial score (nSPS) is 27.6. The summed E-state index contributed by atoms with van der Waals surface area (Å²) >= 11 is 26.7. The van der Waals surface area contributed by atoms with Gasteiger partial charge < -0.3 is 9.84 Å². The van der Waals surface area contributed by atoms with Gasteiger partial charge in [-0.25, -0.2) is 23.5 Å². The first-order valence-corrected chi connectivity index (χ1v) is 13.6. The molecule has 1 saturated carbocycles. The van der Waals surface area contributed by atoms with Gasteiger partial charge in [0.2, 0.25) is 0 Å². The molecule has 40 heavy (non-hydrogen) atoms. The number of hydrogen-bond donors (Lipinski definition) is 1. The van der Waals surface area contributed by atoms with Crippen molar-refractivity contribution >= 4 is 58.0 Å². The summed E-state index contributed by atoms with van der Waals surface area (Å²) in [5, 5.41) is 10.0. The highest BCUT2D eigenvalue weighted by atomic mass is 35.5. The number of nitrogens with zero attached hydrogens (tertiary/aromatic N) is 3. The Balaban J connectivity index is 1.66. The van der Waals surface area contributed by atoms with Crippen LogP contribution in [0.25, 0.3) is 5.69 Å². The number of fused-ring (bicyclic) bond motifs is 4. The largest absolute Gasteiger partial charge is 0.504 e. The Hall–Kier alpha value is -3.24. The lowest BCUT2D eigenvalue weighted by Crippen LogP contribution is -2.67. The summed E-state index contributed by atoms with van der Waals surface area (Å²) < 4.78 is 8.73. The minimum absolute atomic E-state index is 0.0598. The molecule has 4 atom stereocenters. The number of allylic oxidation sites excluding steroid dienone is 4. The molecule has 0 saturated heterocycles. The first kappa shape index (κ1) is 27.0. The van der Waals surface area contributed by atoms with E-state index in [9.17, 15) is 24.3 Å². The van der Waals surface area contributed by atoms with Crippen LogP contribution in [0.3, 0.4) is 0 Å². The van der Waals surface area contributed by atoms with Crippen LogP contribution in [-0.2, 0) is 16.1 Å². The molecule has 13 heteroatoms. The monoisotopic (exact) mass is 621 g/mol. The average molecular weight is 623 g/mol. The van der Waals surface area contributed by atoms with Crippen LogP contribution < -0.4 is 16.1 Å². The molecule has 1 aliphatic heterocycles. The zero-order valence-corrected chi connectivity index (χ0v) is 23.6. The molecule has 2 aromatic carbocycles. The van der Waals surface area contributed by atoms with Crippen molar-refractivity contribution in [1.29, 1.82) is 0 Å². The molecule has 6 rings (SSSR count). The summed E-state index contributed by atoms with van der Waals surface area (Å²) in [6.45, 7) is -0.0598. The number of ketones is 2. The number of aromatic hydroxyl groups is 1. The van der Waals surface area contributed by atoms with Gasteiger partial charge in [-0.2, -0.15) is 0 Å². The van der Waals surface area contributed by atoms with E-state index in [4.69, 9.17) is 51.1 Å². The van der Waals surface area contributed by atoms with Crippen LogP contribution in [-0.4, -0.2) is 47.5 Å². The zero-order chi connectivity index (χ0) is 28.7. The van der Waals surface area contributed by atoms with Gasteiger partial charge in [-0.05, 0) is 23.8 Å². The van der Waals surface area contributed by atoms with Crippen LogP contribution in [0.1, 0.15) is 23.9 Å². The number of carbonyl (C=O) groups excluding carboxylic acids is 2. The van der Waals surface area contributed by atoms with E-state index in [1.807, 2.05) is 0 Å². The van der Waals surface area contributed by atoms with Crippen molar-refractivity contribution < 1.29 is 19.4 Å². The maximum Gasteiger partial charge on any atom is 0.352 e. The van der Waals surface area contributed by atoms with Gasteiger partial charge in [0.1, 0.15) is 19.8 Å². The molecule has 1 aromatic heterocycles. The second-order valence-electron chi connectivity index (χ2n) is 9.72. The van der Waals surface area contributed by atoms with Crippen LogP contribution in [0.4, 0.5) is 0 Å². The van der Waals surface area contributed by atoms with Crippen molar-refractivity contribution in [3.63, 3.8) is 0 Å². The molecule has 0 amide bonds. The smallest absolute Gasteiger partial charge is 0.352 e. The number of Topliss-reactive ketones (excluding diaryl/α,β-unsaturated/α-hetero) is 2.